The molecule has 1 aliphatic rings. The van der Waals surface area contributed by atoms with Gasteiger partial charge in [0.1, 0.15) is 18.4 Å². The molecule has 7 heteroatoms. The molecule has 1 amide bonds. The van der Waals surface area contributed by atoms with Crippen LogP contribution in [0.5, 0.6) is 0 Å². The Bertz CT molecular complexity index is 897. The lowest BCUT2D eigenvalue weighted by Crippen LogP contribution is -2.26. The zero-order chi connectivity index (χ0) is 16.9. The molecule has 0 radical (unpaired) electrons. The highest BCUT2D eigenvalue weighted by Crippen LogP contribution is 2.23. The van der Waals surface area contributed by atoms with Crippen molar-refractivity contribution in [3.05, 3.63) is 63.4 Å². The molecule has 1 aliphatic heterocycles. The Balaban J connectivity index is 1.85. The number of aromatic amines is 1. The number of amides is 1. The second-order valence-electron chi connectivity index (χ2n) is 5.24. The molecule has 2 N–H and O–H groups in total. The molecule has 24 heavy (non-hydrogen) atoms. The minimum Gasteiger partial charge on any atom is -0.316 e. The highest BCUT2D eigenvalue weighted by Gasteiger charge is 2.16. The van der Waals surface area contributed by atoms with Gasteiger partial charge in [-0.1, -0.05) is 42.1 Å². The predicted octanol–water partition coefficient (Wildman–Crippen LogP) is 1.46. The molecule has 2 aromatic rings. The van der Waals surface area contributed by atoms with Crippen molar-refractivity contribution < 1.29 is 4.79 Å². The second kappa shape index (κ2) is 7.15. The number of benzene rings is 1. The van der Waals surface area contributed by atoms with E-state index in [1.54, 1.807) is 0 Å². The summed E-state index contributed by atoms with van der Waals surface area (Å²) in [6.07, 6.45) is 0.513. The molecule has 0 spiro atoms. The third-order valence-corrected chi connectivity index (χ3v) is 4.50. The first-order chi connectivity index (χ1) is 11.7. The third kappa shape index (κ3) is 3.73. The number of nitrogens with zero attached hydrogens (tertiary/aromatic N) is 2. The van der Waals surface area contributed by atoms with Crippen LogP contribution in [0.15, 0.2) is 51.2 Å². The average molecular weight is 338 g/mol. The van der Waals surface area contributed by atoms with Crippen LogP contribution >= 0.6 is 11.8 Å². The number of nitrogens with one attached hydrogen (secondary N) is 2. The Morgan fingerprint density at radius 2 is 2.04 bits per heavy atom. The van der Waals surface area contributed by atoms with Crippen LogP contribution in [0.25, 0.3) is 0 Å². The van der Waals surface area contributed by atoms with Gasteiger partial charge in [-0.3, -0.25) is 14.6 Å². The highest BCUT2D eigenvalue weighted by atomic mass is 32.2. The first-order valence-corrected chi connectivity index (χ1v) is 8.30. The van der Waals surface area contributed by atoms with Gasteiger partial charge in [0.15, 0.2) is 0 Å². The van der Waals surface area contributed by atoms with Gasteiger partial charge in [0.2, 0.25) is 11.5 Å². The van der Waals surface area contributed by atoms with Gasteiger partial charge < -0.3 is 10.3 Å². The monoisotopic (exact) mass is 338 g/mol. The van der Waals surface area contributed by atoms with E-state index in [4.69, 9.17) is 0 Å². The third-order valence-electron chi connectivity index (χ3n) is 3.49. The molecule has 2 heterocycles. The summed E-state index contributed by atoms with van der Waals surface area (Å²) in [5.41, 5.74) is 1.92. The van der Waals surface area contributed by atoms with Crippen molar-refractivity contribution in [1.29, 1.82) is 5.26 Å². The van der Waals surface area contributed by atoms with E-state index in [1.807, 2.05) is 30.3 Å². The molecule has 0 aliphatic carbocycles. The van der Waals surface area contributed by atoms with Crippen LogP contribution < -0.4 is 10.9 Å². The van der Waals surface area contributed by atoms with Crippen molar-refractivity contribution in [2.45, 2.75) is 11.4 Å². The van der Waals surface area contributed by atoms with E-state index in [1.165, 1.54) is 17.8 Å². The first-order valence-electron chi connectivity index (χ1n) is 7.32. The van der Waals surface area contributed by atoms with Crippen molar-refractivity contribution in [2.24, 2.45) is 4.99 Å². The number of hydrogen-bond acceptors (Lipinski definition) is 5. The van der Waals surface area contributed by atoms with Crippen molar-refractivity contribution in [3.63, 3.8) is 0 Å². The fourth-order valence-corrected chi connectivity index (χ4v) is 3.34. The quantitative estimate of drug-likeness (QED) is 0.806. The van der Waals surface area contributed by atoms with E-state index in [2.05, 4.69) is 21.4 Å². The second-order valence-corrected chi connectivity index (χ2v) is 6.22. The van der Waals surface area contributed by atoms with Gasteiger partial charge >= 0.3 is 0 Å². The summed E-state index contributed by atoms with van der Waals surface area (Å²) in [5.74, 6) is 0.811. The molecule has 3 rings (SSSR count). The molecule has 120 valence electrons. The van der Waals surface area contributed by atoms with E-state index in [0.29, 0.717) is 34.2 Å². The fourth-order valence-electron chi connectivity index (χ4n) is 2.40. The van der Waals surface area contributed by atoms with Gasteiger partial charge in [0.05, 0.1) is 16.3 Å². The molecule has 0 fully saturated rings. The van der Waals surface area contributed by atoms with Gasteiger partial charge in [0, 0.05) is 6.07 Å². The van der Waals surface area contributed by atoms with Crippen LogP contribution in [0.1, 0.15) is 16.7 Å². The first kappa shape index (κ1) is 16.0. The standard InChI is InChI=1S/C17H14N4O2S/c18-8-13-12(6-11-4-2-1-3-5-11)7-15(22)21-17(13)24-10-14-19-9-16(23)20-14/h1-5,7H,6,9-10H2,(H,21,22)(H,19,20,23). The number of carbonyl (C=O) groups excluding carboxylic acids is 1. The summed E-state index contributed by atoms with van der Waals surface area (Å²) >= 11 is 1.29. The largest absolute Gasteiger partial charge is 0.316 e. The van der Waals surface area contributed by atoms with Crippen LogP contribution in [-0.2, 0) is 11.2 Å². The zero-order valence-electron chi connectivity index (χ0n) is 12.7. The summed E-state index contributed by atoms with van der Waals surface area (Å²) in [4.78, 5) is 29.9. The molecule has 0 unspecified atom stereocenters. The highest BCUT2D eigenvalue weighted by molar-refractivity contribution is 8.00. The lowest BCUT2D eigenvalue weighted by Gasteiger charge is -2.09. The number of amidine groups is 1. The number of hydrogen-bond donors (Lipinski definition) is 2. The Morgan fingerprint density at radius 1 is 1.25 bits per heavy atom. The molecule has 6 nitrogen and oxygen atoms in total. The predicted molar refractivity (Wildman–Crippen MR) is 92.2 cm³/mol. The topological polar surface area (TPSA) is 98.1 Å². The summed E-state index contributed by atoms with van der Waals surface area (Å²) < 4.78 is 0. The van der Waals surface area contributed by atoms with E-state index in [0.717, 1.165) is 5.56 Å². The molecule has 1 aromatic carbocycles. The number of aromatic nitrogens is 1. The fraction of sp³-hybridized carbons (Fsp3) is 0.176. The molecule has 0 bridgehead atoms. The van der Waals surface area contributed by atoms with Crippen molar-refractivity contribution >= 4 is 23.5 Å². The number of pyridine rings is 1. The van der Waals surface area contributed by atoms with Gasteiger partial charge in [-0.15, -0.1) is 0 Å². The average Bonchev–Trinajstić information content (AvgIpc) is 2.99. The van der Waals surface area contributed by atoms with Crippen LogP contribution in [0.2, 0.25) is 0 Å². The molecule has 0 saturated heterocycles. The maximum Gasteiger partial charge on any atom is 0.249 e. The van der Waals surface area contributed by atoms with Crippen LogP contribution in [-0.4, -0.2) is 29.0 Å². The maximum absolute atomic E-state index is 11.9. The van der Waals surface area contributed by atoms with Crippen LogP contribution in [0.3, 0.4) is 0 Å². The van der Waals surface area contributed by atoms with E-state index >= 15 is 0 Å². The smallest absolute Gasteiger partial charge is 0.249 e. The van der Waals surface area contributed by atoms with Crippen LogP contribution in [0.4, 0.5) is 0 Å². The number of nitriles is 1. The SMILES string of the molecule is N#Cc1c(Cc2ccccc2)cc(=O)[nH]c1SCC1=NCC(=O)N1. The number of thioether (sulfide) groups is 1. The maximum atomic E-state index is 11.9. The summed E-state index contributed by atoms with van der Waals surface area (Å²) in [7, 11) is 0. The van der Waals surface area contributed by atoms with Gasteiger partial charge in [-0.05, 0) is 17.5 Å². The Morgan fingerprint density at radius 3 is 2.71 bits per heavy atom. The summed E-state index contributed by atoms with van der Waals surface area (Å²) in [6.45, 7) is 0.131. The molecular weight excluding hydrogens is 324 g/mol. The Hall–Kier alpha value is -2.85. The van der Waals surface area contributed by atoms with Gasteiger partial charge in [-0.2, -0.15) is 5.26 Å². The minimum absolute atomic E-state index is 0.131. The molecule has 0 atom stereocenters. The van der Waals surface area contributed by atoms with E-state index in [-0.39, 0.29) is 18.0 Å². The zero-order valence-corrected chi connectivity index (χ0v) is 13.5. The lowest BCUT2D eigenvalue weighted by molar-refractivity contribution is -0.117. The molecule has 1 aromatic heterocycles. The molecule has 0 saturated carbocycles. The summed E-state index contributed by atoms with van der Waals surface area (Å²) in [6, 6.07) is 13.3. The van der Waals surface area contributed by atoms with Crippen molar-refractivity contribution in [2.75, 3.05) is 12.3 Å². The Kier molecular flexibility index (Phi) is 4.77. The van der Waals surface area contributed by atoms with Gasteiger partial charge in [-0.25, -0.2) is 0 Å². The Labute approximate surface area is 142 Å². The number of carbonyl (C=O) groups is 1. The van der Waals surface area contributed by atoms with E-state index in [9.17, 15) is 14.9 Å². The van der Waals surface area contributed by atoms with Crippen molar-refractivity contribution in [3.8, 4) is 6.07 Å². The number of rotatable bonds is 5. The summed E-state index contributed by atoms with van der Waals surface area (Å²) in [5, 5.41) is 12.7. The van der Waals surface area contributed by atoms with Crippen molar-refractivity contribution in [1.82, 2.24) is 10.3 Å². The van der Waals surface area contributed by atoms with Crippen LogP contribution in [0, 0.1) is 11.3 Å². The number of aliphatic imine (C=N–C) groups is 1. The van der Waals surface area contributed by atoms with Gasteiger partial charge in [0.25, 0.3) is 0 Å². The minimum atomic E-state index is -0.250. The number of H-pyrrole nitrogens is 1. The van der Waals surface area contributed by atoms with E-state index < -0.39 is 0 Å². The lowest BCUT2D eigenvalue weighted by atomic mass is 10.0. The molecular formula is C17H14N4O2S. The normalized spacial score (nSPS) is 13.3.